The predicted octanol–water partition coefficient (Wildman–Crippen LogP) is 2.98. The molecule has 3 heterocycles. The van der Waals surface area contributed by atoms with Crippen LogP contribution in [-0.4, -0.2) is 21.2 Å². The quantitative estimate of drug-likeness (QED) is 0.683. The lowest BCUT2D eigenvalue weighted by Crippen LogP contribution is -1.94. The number of rotatable bonds is 1. The van der Waals surface area contributed by atoms with Gasteiger partial charge in [-0.15, -0.1) is 0 Å². The molecule has 4 rings (SSSR count). The lowest BCUT2D eigenvalue weighted by molar-refractivity contribution is 0.357. The van der Waals surface area contributed by atoms with Crippen LogP contribution in [-0.2, 0) is 6.42 Å². The van der Waals surface area contributed by atoms with Crippen molar-refractivity contribution in [2.75, 3.05) is 6.61 Å². The number of imidazole rings is 1. The molecule has 0 spiro atoms. The molecule has 0 bridgehead atoms. The standard InChI is InChI=1S/C14H10ClN3O/c15-13-3-4-14-16-8-11(18(14)17-13)9-1-2-12-10(7-9)5-6-19-12/h1-4,7-8H,5-6H2. The summed E-state index contributed by atoms with van der Waals surface area (Å²) in [5, 5.41) is 4.75. The van der Waals surface area contributed by atoms with Gasteiger partial charge < -0.3 is 4.74 Å². The molecule has 1 aromatic carbocycles. The minimum atomic E-state index is 0.455. The fourth-order valence-electron chi connectivity index (χ4n) is 2.39. The van der Waals surface area contributed by atoms with Crippen molar-refractivity contribution in [3.63, 3.8) is 0 Å². The van der Waals surface area contributed by atoms with Crippen molar-refractivity contribution in [3.8, 4) is 17.0 Å². The number of fused-ring (bicyclic) bond motifs is 2. The van der Waals surface area contributed by atoms with Gasteiger partial charge in [-0.25, -0.2) is 9.50 Å². The molecule has 0 atom stereocenters. The van der Waals surface area contributed by atoms with Crippen molar-refractivity contribution in [2.24, 2.45) is 0 Å². The largest absolute Gasteiger partial charge is 0.493 e. The number of nitrogens with zero attached hydrogens (tertiary/aromatic N) is 3. The Morgan fingerprint density at radius 1 is 1.21 bits per heavy atom. The molecule has 0 N–H and O–H groups in total. The molecular weight excluding hydrogens is 262 g/mol. The highest BCUT2D eigenvalue weighted by atomic mass is 35.5. The van der Waals surface area contributed by atoms with E-state index in [4.69, 9.17) is 16.3 Å². The average Bonchev–Trinajstić information content (AvgIpc) is 3.03. The first-order valence-corrected chi connectivity index (χ1v) is 6.45. The monoisotopic (exact) mass is 271 g/mol. The summed E-state index contributed by atoms with van der Waals surface area (Å²) in [5.41, 5.74) is 4.03. The lowest BCUT2D eigenvalue weighted by Gasteiger charge is -2.04. The van der Waals surface area contributed by atoms with E-state index in [0.29, 0.717) is 5.15 Å². The van der Waals surface area contributed by atoms with Gasteiger partial charge in [0.15, 0.2) is 5.65 Å². The average molecular weight is 272 g/mol. The van der Waals surface area contributed by atoms with Crippen LogP contribution in [0.4, 0.5) is 0 Å². The molecule has 4 nitrogen and oxygen atoms in total. The molecule has 1 aliphatic rings. The summed E-state index contributed by atoms with van der Waals surface area (Å²) in [6, 6.07) is 9.76. The molecule has 0 aliphatic carbocycles. The van der Waals surface area contributed by atoms with Gasteiger partial charge in [-0.05, 0) is 35.9 Å². The zero-order valence-corrected chi connectivity index (χ0v) is 10.8. The Morgan fingerprint density at radius 2 is 2.16 bits per heavy atom. The van der Waals surface area contributed by atoms with Crippen LogP contribution in [0.2, 0.25) is 5.15 Å². The Balaban J connectivity index is 1.92. The van der Waals surface area contributed by atoms with E-state index >= 15 is 0 Å². The zero-order chi connectivity index (χ0) is 12.8. The van der Waals surface area contributed by atoms with Gasteiger partial charge in [-0.3, -0.25) is 0 Å². The second-order valence-electron chi connectivity index (χ2n) is 4.49. The van der Waals surface area contributed by atoms with Crippen molar-refractivity contribution in [3.05, 3.63) is 47.2 Å². The molecule has 19 heavy (non-hydrogen) atoms. The number of halogens is 1. The zero-order valence-electron chi connectivity index (χ0n) is 10.0. The number of hydrogen-bond acceptors (Lipinski definition) is 3. The molecule has 0 unspecified atom stereocenters. The van der Waals surface area contributed by atoms with Crippen molar-refractivity contribution >= 4 is 17.2 Å². The Bertz CT molecular complexity index is 781. The van der Waals surface area contributed by atoms with E-state index in [1.54, 1.807) is 10.6 Å². The molecule has 2 aromatic heterocycles. The predicted molar refractivity (Wildman–Crippen MR) is 72.6 cm³/mol. The Hall–Kier alpha value is -2.07. The van der Waals surface area contributed by atoms with Gasteiger partial charge in [-0.1, -0.05) is 11.6 Å². The van der Waals surface area contributed by atoms with Crippen LogP contribution in [0.25, 0.3) is 16.9 Å². The summed E-state index contributed by atoms with van der Waals surface area (Å²) in [6.07, 6.45) is 2.77. The van der Waals surface area contributed by atoms with Gasteiger partial charge in [0.05, 0.1) is 18.5 Å². The third-order valence-corrected chi connectivity index (χ3v) is 3.52. The minimum absolute atomic E-state index is 0.455. The Labute approximate surface area is 114 Å². The first-order valence-electron chi connectivity index (χ1n) is 6.08. The minimum Gasteiger partial charge on any atom is -0.493 e. The molecule has 0 saturated carbocycles. The Morgan fingerprint density at radius 3 is 3.11 bits per heavy atom. The second kappa shape index (κ2) is 3.96. The fourth-order valence-corrected chi connectivity index (χ4v) is 2.53. The van der Waals surface area contributed by atoms with Crippen LogP contribution >= 0.6 is 11.6 Å². The van der Waals surface area contributed by atoms with Gasteiger partial charge in [0, 0.05) is 12.0 Å². The SMILES string of the molecule is Clc1ccc2ncc(-c3ccc4c(c3)CCO4)n2n1. The van der Waals surface area contributed by atoms with Crippen LogP contribution in [0, 0.1) is 0 Å². The number of aromatic nitrogens is 3. The van der Waals surface area contributed by atoms with Crippen molar-refractivity contribution in [2.45, 2.75) is 6.42 Å². The van der Waals surface area contributed by atoms with E-state index in [9.17, 15) is 0 Å². The topological polar surface area (TPSA) is 39.4 Å². The lowest BCUT2D eigenvalue weighted by atomic mass is 10.1. The smallest absolute Gasteiger partial charge is 0.154 e. The molecule has 0 radical (unpaired) electrons. The van der Waals surface area contributed by atoms with Crippen LogP contribution in [0.5, 0.6) is 5.75 Å². The summed E-state index contributed by atoms with van der Waals surface area (Å²) in [6.45, 7) is 0.760. The van der Waals surface area contributed by atoms with Gasteiger partial charge in [0.2, 0.25) is 0 Å². The normalized spacial score (nSPS) is 13.5. The maximum absolute atomic E-state index is 5.95. The van der Waals surface area contributed by atoms with Gasteiger partial charge >= 0.3 is 0 Å². The highest BCUT2D eigenvalue weighted by molar-refractivity contribution is 6.29. The third-order valence-electron chi connectivity index (χ3n) is 3.31. The van der Waals surface area contributed by atoms with E-state index in [-0.39, 0.29) is 0 Å². The molecule has 3 aromatic rings. The highest BCUT2D eigenvalue weighted by Gasteiger charge is 2.14. The molecule has 5 heteroatoms. The fraction of sp³-hybridized carbons (Fsp3) is 0.143. The van der Waals surface area contributed by atoms with E-state index < -0.39 is 0 Å². The third kappa shape index (κ3) is 1.68. The van der Waals surface area contributed by atoms with Gasteiger partial charge in [0.1, 0.15) is 10.9 Å². The van der Waals surface area contributed by atoms with Crippen LogP contribution in [0.1, 0.15) is 5.56 Å². The molecule has 0 saturated heterocycles. The maximum Gasteiger partial charge on any atom is 0.154 e. The van der Waals surface area contributed by atoms with E-state index in [1.807, 2.05) is 24.4 Å². The van der Waals surface area contributed by atoms with Crippen molar-refractivity contribution < 1.29 is 4.74 Å². The second-order valence-corrected chi connectivity index (χ2v) is 4.88. The van der Waals surface area contributed by atoms with Crippen LogP contribution in [0.15, 0.2) is 36.5 Å². The molecule has 0 amide bonds. The number of benzene rings is 1. The van der Waals surface area contributed by atoms with Crippen molar-refractivity contribution in [1.29, 1.82) is 0 Å². The van der Waals surface area contributed by atoms with Crippen molar-refractivity contribution in [1.82, 2.24) is 14.6 Å². The van der Waals surface area contributed by atoms with Crippen LogP contribution < -0.4 is 4.74 Å². The maximum atomic E-state index is 5.95. The van der Waals surface area contributed by atoms with E-state index in [2.05, 4.69) is 16.1 Å². The van der Waals surface area contributed by atoms with Gasteiger partial charge in [-0.2, -0.15) is 5.10 Å². The summed E-state index contributed by atoms with van der Waals surface area (Å²) in [4.78, 5) is 4.34. The molecular formula is C14H10ClN3O. The molecule has 0 fully saturated rings. The first-order chi connectivity index (χ1) is 9.31. The van der Waals surface area contributed by atoms with Crippen LogP contribution in [0.3, 0.4) is 0 Å². The molecule has 94 valence electrons. The number of hydrogen-bond donors (Lipinski definition) is 0. The summed E-state index contributed by atoms with van der Waals surface area (Å²) in [7, 11) is 0. The highest BCUT2D eigenvalue weighted by Crippen LogP contribution is 2.30. The summed E-state index contributed by atoms with van der Waals surface area (Å²) < 4.78 is 7.28. The molecule has 1 aliphatic heterocycles. The number of ether oxygens (including phenoxy) is 1. The van der Waals surface area contributed by atoms with E-state index in [0.717, 1.165) is 35.7 Å². The summed E-state index contributed by atoms with van der Waals surface area (Å²) in [5.74, 6) is 0.976. The van der Waals surface area contributed by atoms with E-state index in [1.165, 1.54) is 5.56 Å². The summed E-state index contributed by atoms with van der Waals surface area (Å²) >= 11 is 5.95. The van der Waals surface area contributed by atoms with Gasteiger partial charge in [0.25, 0.3) is 0 Å². The Kier molecular flexibility index (Phi) is 2.26. The first kappa shape index (κ1) is 10.8.